The summed E-state index contributed by atoms with van der Waals surface area (Å²) in [7, 11) is 0. The van der Waals surface area contributed by atoms with Crippen LogP contribution in [-0.4, -0.2) is 10.9 Å². The third-order valence-electron chi connectivity index (χ3n) is 3.12. The molecule has 0 fully saturated rings. The number of nitrogens with one attached hydrogen (secondary N) is 2. The van der Waals surface area contributed by atoms with Crippen LogP contribution in [0.25, 0.3) is 0 Å². The fourth-order valence-corrected chi connectivity index (χ4v) is 2.04. The molecule has 0 bridgehead atoms. The van der Waals surface area contributed by atoms with Gasteiger partial charge in [-0.2, -0.15) is 0 Å². The average molecular weight is 298 g/mol. The smallest absolute Gasteiger partial charge is 0.171 e. The molecule has 0 aliphatic carbocycles. The lowest BCUT2D eigenvalue weighted by atomic mass is 10.1. The molecule has 0 heterocycles. The van der Waals surface area contributed by atoms with Crippen molar-refractivity contribution < 1.29 is 4.79 Å². The zero-order valence-corrected chi connectivity index (χ0v) is 13.0. The predicted molar refractivity (Wildman–Crippen MR) is 90.7 cm³/mol. The predicted octanol–water partition coefficient (Wildman–Crippen LogP) is 3.68. The Kier molecular flexibility index (Phi) is 5.06. The Bertz CT molecular complexity index is 633. The lowest BCUT2D eigenvalue weighted by Crippen LogP contribution is -2.27. The van der Waals surface area contributed by atoms with E-state index in [1.165, 1.54) is 11.1 Å². The monoisotopic (exact) mass is 298 g/mol. The molecule has 0 radical (unpaired) electrons. The van der Waals surface area contributed by atoms with Crippen molar-refractivity contribution >= 4 is 28.8 Å². The van der Waals surface area contributed by atoms with Crippen LogP contribution >= 0.6 is 12.2 Å². The van der Waals surface area contributed by atoms with Gasteiger partial charge in [0, 0.05) is 17.8 Å². The normalized spacial score (nSPS) is 10.0. The SMILES string of the molecule is CC(=O)c1ccc(NC(=S)NCc2ccc(C)cc2)cc1. The molecule has 2 aromatic carbocycles. The standard InChI is InChI=1S/C17H18N2OS/c1-12-3-5-14(6-4-12)11-18-17(21)19-16-9-7-15(8-10-16)13(2)20/h3-10H,11H2,1-2H3,(H2,18,19,21). The second-order valence-corrected chi connectivity index (χ2v) is 5.34. The van der Waals surface area contributed by atoms with Crippen molar-refractivity contribution in [1.82, 2.24) is 5.32 Å². The highest BCUT2D eigenvalue weighted by molar-refractivity contribution is 7.80. The molecule has 0 unspecified atom stereocenters. The highest BCUT2D eigenvalue weighted by Crippen LogP contribution is 2.10. The van der Waals surface area contributed by atoms with E-state index in [0.717, 1.165) is 5.69 Å². The van der Waals surface area contributed by atoms with E-state index in [9.17, 15) is 4.79 Å². The van der Waals surface area contributed by atoms with Crippen LogP contribution in [0.5, 0.6) is 0 Å². The molecule has 0 spiro atoms. The third-order valence-corrected chi connectivity index (χ3v) is 3.37. The number of Topliss-reactive ketones (excluding diaryl/α,β-unsaturated/α-hetero) is 1. The van der Waals surface area contributed by atoms with Gasteiger partial charge in [0.05, 0.1) is 0 Å². The Morgan fingerprint density at radius 3 is 2.24 bits per heavy atom. The van der Waals surface area contributed by atoms with Gasteiger partial charge < -0.3 is 10.6 Å². The molecule has 3 nitrogen and oxygen atoms in total. The fraction of sp³-hybridized carbons (Fsp3) is 0.176. The largest absolute Gasteiger partial charge is 0.358 e. The highest BCUT2D eigenvalue weighted by atomic mass is 32.1. The molecular weight excluding hydrogens is 280 g/mol. The van der Waals surface area contributed by atoms with Gasteiger partial charge in [-0.3, -0.25) is 4.79 Å². The van der Waals surface area contributed by atoms with Crippen LogP contribution in [0.2, 0.25) is 0 Å². The molecule has 108 valence electrons. The van der Waals surface area contributed by atoms with Crippen molar-refractivity contribution in [2.45, 2.75) is 20.4 Å². The van der Waals surface area contributed by atoms with Gasteiger partial charge in [-0.25, -0.2) is 0 Å². The van der Waals surface area contributed by atoms with Gasteiger partial charge in [0.15, 0.2) is 10.9 Å². The number of carbonyl (C=O) groups is 1. The topological polar surface area (TPSA) is 41.1 Å². The number of hydrogen-bond donors (Lipinski definition) is 2. The van der Waals surface area contributed by atoms with Crippen molar-refractivity contribution in [3.05, 3.63) is 65.2 Å². The van der Waals surface area contributed by atoms with E-state index in [0.29, 0.717) is 17.2 Å². The Morgan fingerprint density at radius 2 is 1.67 bits per heavy atom. The van der Waals surface area contributed by atoms with Crippen molar-refractivity contribution in [1.29, 1.82) is 0 Å². The molecule has 2 rings (SSSR count). The van der Waals surface area contributed by atoms with Crippen LogP contribution in [-0.2, 0) is 6.54 Å². The molecule has 0 saturated heterocycles. The summed E-state index contributed by atoms with van der Waals surface area (Å²) in [4.78, 5) is 11.2. The first-order chi connectivity index (χ1) is 10.0. The van der Waals surface area contributed by atoms with E-state index in [1.807, 2.05) is 12.1 Å². The van der Waals surface area contributed by atoms with E-state index in [4.69, 9.17) is 12.2 Å². The Balaban J connectivity index is 1.86. The summed E-state index contributed by atoms with van der Waals surface area (Å²) < 4.78 is 0. The number of carbonyl (C=O) groups excluding carboxylic acids is 1. The van der Waals surface area contributed by atoms with Crippen LogP contribution in [0.3, 0.4) is 0 Å². The molecule has 0 aliphatic rings. The Morgan fingerprint density at radius 1 is 1.05 bits per heavy atom. The number of anilines is 1. The van der Waals surface area contributed by atoms with Gasteiger partial charge in [-0.15, -0.1) is 0 Å². The lowest BCUT2D eigenvalue weighted by Gasteiger charge is -2.11. The second-order valence-electron chi connectivity index (χ2n) is 4.93. The van der Waals surface area contributed by atoms with Crippen molar-refractivity contribution in [2.75, 3.05) is 5.32 Å². The van der Waals surface area contributed by atoms with Gasteiger partial charge in [0.1, 0.15) is 0 Å². The first-order valence-corrected chi connectivity index (χ1v) is 7.17. The van der Waals surface area contributed by atoms with E-state index < -0.39 is 0 Å². The maximum absolute atomic E-state index is 11.2. The molecule has 2 N–H and O–H groups in total. The fourth-order valence-electron chi connectivity index (χ4n) is 1.85. The van der Waals surface area contributed by atoms with E-state index in [1.54, 1.807) is 19.1 Å². The van der Waals surface area contributed by atoms with Gasteiger partial charge in [-0.1, -0.05) is 29.8 Å². The van der Waals surface area contributed by atoms with E-state index >= 15 is 0 Å². The van der Waals surface area contributed by atoms with Crippen LogP contribution < -0.4 is 10.6 Å². The van der Waals surface area contributed by atoms with Gasteiger partial charge in [-0.05, 0) is 55.9 Å². The van der Waals surface area contributed by atoms with E-state index in [2.05, 4.69) is 41.8 Å². The first kappa shape index (κ1) is 15.2. The summed E-state index contributed by atoms with van der Waals surface area (Å²) >= 11 is 5.26. The van der Waals surface area contributed by atoms with Gasteiger partial charge in [0.2, 0.25) is 0 Å². The number of benzene rings is 2. The first-order valence-electron chi connectivity index (χ1n) is 6.76. The summed E-state index contributed by atoms with van der Waals surface area (Å²) in [5.41, 5.74) is 3.97. The molecule has 21 heavy (non-hydrogen) atoms. The minimum absolute atomic E-state index is 0.0571. The van der Waals surface area contributed by atoms with Crippen molar-refractivity contribution in [3.63, 3.8) is 0 Å². The molecule has 0 atom stereocenters. The van der Waals surface area contributed by atoms with Gasteiger partial charge >= 0.3 is 0 Å². The summed E-state index contributed by atoms with van der Waals surface area (Å²) in [5, 5.41) is 6.82. The van der Waals surface area contributed by atoms with Crippen molar-refractivity contribution in [3.8, 4) is 0 Å². The Hall–Kier alpha value is -2.20. The summed E-state index contributed by atoms with van der Waals surface area (Å²) in [6.07, 6.45) is 0. The number of hydrogen-bond acceptors (Lipinski definition) is 2. The number of rotatable bonds is 4. The summed E-state index contributed by atoms with van der Waals surface area (Å²) in [5.74, 6) is 0.0571. The number of ketones is 1. The van der Waals surface area contributed by atoms with Crippen LogP contribution in [0.4, 0.5) is 5.69 Å². The third kappa shape index (κ3) is 4.68. The zero-order valence-electron chi connectivity index (χ0n) is 12.1. The maximum Gasteiger partial charge on any atom is 0.171 e. The summed E-state index contributed by atoms with van der Waals surface area (Å²) in [6.45, 7) is 4.29. The Labute approximate surface area is 130 Å². The number of thiocarbonyl (C=S) groups is 1. The van der Waals surface area contributed by atoms with E-state index in [-0.39, 0.29) is 5.78 Å². The molecule has 4 heteroatoms. The van der Waals surface area contributed by atoms with Crippen LogP contribution in [0, 0.1) is 6.92 Å². The molecular formula is C17H18N2OS. The minimum Gasteiger partial charge on any atom is -0.358 e. The molecule has 0 aliphatic heterocycles. The lowest BCUT2D eigenvalue weighted by molar-refractivity contribution is 0.101. The minimum atomic E-state index is 0.0571. The quantitative estimate of drug-likeness (QED) is 0.667. The van der Waals surface area contributed by atoms with Crippen LogP contribution in [0.15, 0.2) is 48.5 Å². The second kappa shape index (κ2) is 6.99. The molecule has 0 saturated carbocycles. The van der Waals surface area contributed by atoms with Gasteiger partial charge in [0.25, 0.3) is 0 Å². The van der Waals surface area contributed by atoms with Crippen molar-refractivity contribution in [2.24, 2.45) is 0 Å². The zero-order chi connectivity index (χ0) is 15.2. The highest BCUT2D eigenvalue weighted by Gasteiger charge is 2.01. The average Bonchev–Trinajstić information content (AvgIpc) is 2.47. The molecule has 0 amide bonds. The maximum atomic E-state index is 11.2. The molecule has 0 aromatic heterocycles. The molecule has 2 aromatic rings. The summed E-state index contributed by atoms with van der Waals surface area (Å²) in [6, 6.07) is 15.6. The number of aryl methyl sites for hydroxylation is 1. The van der Waals surface area contributed by atoms with Crippen LogP contribution in [0.1, 0.15) is 28.4 Å².